The van der Waals surface area contributed by atoms with E-state index >= 15 is 0 Å². The molecule has 4 rings (SSSR count). The van der Waals surface area contributed by atoms with Crippen LogP contribution in [0.2, 0.25) is 0 Å². The Kier molecular flexibility index (Phi) is 4.46. The molecule has 3 aromatic rings. The molecule has 1 fully saturated rings. The number of hydrogen-bond acceptors (Lipinski definition) is 8. The summed E-state index contributed by atoms with van der Waals surface area (Å²) >= 11 is 1.61. The van der Waals surface area contributed by atoms with E-state index in [-0.39, 0.29) is 0 Å². The Balaban J connectivity index is 1.44. The molecule has 25 heavy (non-hydrogen) atoms. The van der Waals surface area contributed by atoms with Gasteiger partial charge in [0.25, 0.3) is 0 Å². The molecule has 1 atom stereocenters. The predicted octanol–water partition coefficient (Wildman–Crippen LogP) is 2.41. The van der Waals surface area contributed by atoms with Gasteiger partial charge < -0.3 is 10.2 Å². The van der Waals surface area contributed by atoms with Gasteiger partial charge in [0.15, 0.2) is 0 Å². The molecule has 0 aliphatic carbocycles. The Morgan fingerprint density at radius 1 is 1.04 bits per heavy atom. The van der Waals surface area contributed by atoms with Gasteiger partial charge in [-0.25, -0.2) is 0 Å². The van der Waals surface area contributed by atoms with E-state index in [9.17, 15) is 0 Å². The third-order valence-electron chi connectivity index (χ3n) is 4.74. The molecule has 1 unspecified atom stereocenters. The van der Waals surface area contributed by atoms with Crippen LogP contribution in [0.5, 0.6) is 0 Å². The summed E-state index contributed by atoms with van der Waals surface area (Å²) in [5.74, 6) is 0. The molecule has 7 nitrogen and oxygen atoms in total. The minimum absolute atomic E-state index is 0.357. The van der Waals surface area contributed by atoms with Crippen molar-refractivity contribution in [3.63, 3.8) is 0 Å². The lowest BCUT2D eigenvalue weighted by Gasteiger charge is -2.38. The van der Waals surface area contributed by atoms with Gasteiger partial charge in [-0.1, -0.05) is 17.4 Å². The Labute approximate surface area is 150 Å². The first kappa shape index (κ1) is 16.2. The zero-order chi connectivity index (χ0) is 17.2. The zero-order valence-electron chi connectivity index (χ0n) is 14.4. The fourth-order valence-electron chi connectivity index (χ4n) is 3.20. The number of rotatable bonds is 4. The highest BCUT2D eigenvalue weighted by molar-refractivity contribution is 7.19. The lowest BCUT2D eigenvalue weighted by Crippen LogP contribution is -2.47. The molecule has 1 aromatic carbocycles. The molecule has 0 bridgehead atoms. The first-order valence-electron chi connectivity index (χ1n) is 8.45. The van der Waals surface area contributed by atoms with Crippen LogP contribution in [0.4, 0.5) is 10.3 Å². The highest BCUT2D eigenvalue weighted by atomic mass is 32.1. The third-order valence-corrected chi connectivity index (χ3v) is 5.74. The molecule has 1 N–H and O–H groups in total. The van der Waals surface area contributed by atoms with Crippen molar-refractivity contribution in [1.29, 1.82) is 0 Å². The summed E-state index contributed by atoms with van der Waals surface area (Å²) < 4.78 is 0. The molecule has 0 amide bonds. The number of nitrogens with one attached hydrogen (secondary N) is 1. The highest BCUT2D eigenvalue weighted by Gasteiger charge is 2.24. The Morgan fingerprint density at radius 2 is 1.80 bits per heavy atom. The molecule has 130 valence electrons. The maximum Gasteiger partial charge on any atom is 0.210 e. The summed E-state index contributed by atoms with van der Waals surface area (Å²) in [5, 5.41) is 13.3. The van der Waals surface area contributed by atoms with Gasteiger partial charge >= 0.3 is 0 Å². The van der Waals surface area contributed by atoms with Crippen LogP contribution in [-0.4, -0.2) is 58.3 Å². The van der Waals surface area contributed by atoms with E-state index in [1.54, 1.807) is 23.7 Å². The molecular formula is C17H21N7S. The second-order valence-corrected chi connectivity index (χ2v) is 7.10. The van der Waals surface area contributed by atoms with Gasteiger partial charge in [0.05, 0.1) is 11.0 Å². The molecule has 0 saturated carbocycles. The van der Waals surface area contributed by atoms with Gasteiger partial charge in [-0.3, -0.25) is 14.9 Å². The molecule has 3 heterocycles. The van der Waals surface area contributed by atoms with Crippen molar-refractivity contribution in [1.82, 2.24) is 25.1 Å². The number of fused-ring (bicyclic) bond motifs is 1. The average molecular weight is 355 g/mol. The molecular weight excluding hydrogens is 334 g/mol. The van der Waals surface area contributed by atoms with Crippen LogP contribution >= 0.6 is 11.3 Å². The van der Waals surface area contributed by atoms with Crippen molar-refractivity contribution >= 4 is 32.6 Å². The maximum atomic E-state index is 4.42. The number of aromatic nitrogens is 4. The lowest BCUT2D eigenvalue weighted by molar-refractivity contribution is 0.198. The summed E-state index contributed by atoms with van der Waals surface area (Å²) in [6.07, 6.45) is 3.48. The number of anilines is 2. The van der Waals surface area contributed by atoms with Gasteiger partial charge in [-0.15, -0.1) is 10.2 Å². The summed E-state index contributed by atoms with van der Waals surface area (Å²) in [7, 11) is 1.87. The topological polar surface area (TPSA) is 70.1 Å². The van der Waals surface area contributed by atoms with E-state index < -0.39 is 0 Å². The van der Waals surface area contributed by atoms with Gasteiger partial charge in [-0.05, 0) is 24.6 Å². The van der Waals surface area contributed by atoms with Gasteiger partial charge in [0.2, 0.25) is 10.3 Å². The van der Waals surface area contributed by atoms with Gasteiger partial charge in [0.1, 0.15) is 0 Å². The first-order chi connectivity index (χ1) is 12.2. The van der Waals surface area contributed by atoms with Gasteiger partial charge in [0, 0.05) is 51.7 Å². The minimum atomic E-state index is 0.357. The van der Waals surface area contributed by atoms with Crippen molar-refractivity contribution in [2.45, 2.75) is 13.0 Å². The normalized spacial score (nSPS) is 17.0. The van der Waals surface area contributed by atoms with Crippen molar-refractivity contribution in [2.24, 2.45) is 0 Å². The molecule has 1 saturated heterocycles. The maximum absolute atomic E-state index is 4.42. The summed E-state index contributed by atoms with van der Waals surface area (Å²) in [5.41, 5.74) is 3.19. The van der Waals surface area contributed by atoms with Crippen LogP contribution in [0.25, 0.3) is 11.0 Å². The molecule has 8 heteroatoms. The van der Waals surface area contributed by atoms with Crippen LogP contribution < -0.4 is 10.2 Å². The van der Waals surface area contributed by atoms with E-state index in [0.29, 0.717) is 6.04 Å². The summed E-state index contributed by atoms with van der Waals surface area (Å²) in [6.45, 7) is 6.21. The van der Waals surface area contributed by atoms with Crippen molar-refractivity contribution in [3.05, 3.63) is 36.2 Å². The van der Waals surface area contributed by atoms with Crippen LogP contribution in [-0.2, 0) is 0 Å². The van der Waals surface area contributed by atoms with Crippen LogP contribution in [0.3, 0.4) is 0 Å². The average Bonchev–Trinajstić information content (AvgIpc) is 3.16. The van der Waals surface area contributed by atoms with Crippen LogP contribution in [0, 0.1) is 0 Å². The minimum Gasteiger partial charge on any atom is -0.363 e. The Morgan fingerprint density at radius 3 is 2.52 bits per heavy atom. The largest absolute Gasteiger partial charge is 0.363 e. The van der Waals surface area contributed by atoms with E-state index in [1.807, 2.05) is 7.05 Å². The number of nitrogens with zero attached hydrogens (tertiary/aromatic N) is 6. The fraction of sp³-hybridized carbons (Fsp3) is 0.412. The van der Waals surface area contributed by atoms with E-state index in [0.717, 1.165) is 47.5 Å². The molecule has 2 aromatic heterocycles. The first-order valence-corrected chi connectivity index (χ1v) is 9.27. The number of benzene rings is 1. The van der Waals surface area contributed by atoms with E-state index in [1.165, 1.54) is 5.56 Å². The molecule has 0 radical (unpaired) electrons. The number of piperazine rings is 1. The summed E-state index contributed by atoms with van der Waals surface area (Å²) in [4.78, 5) is 13.6. The van der Waals surface area contributed by atoms with Crippen molar-refractivity contribution < 1.29 is 0 Å². The zero-order valence-corrected chi connectivity index (χ0v) is 15.2. The fourth-order valence-corrected chi connectivity index (χ4v) is 3.95. The SMILES string of the molecule is CNc1nnc(N2CCN(C(C)c3ccc4nccnc4c3)CC2)s1. The van der Waals surface area contributed by atoms with E-state index in [4.69, 9.17) is 0 Å². The quantitative estimate of drug-likeness (QED) is 0.770. The Hall–Kier alpha value is -2.32. The second kappa shape index (κ2) is 6.89. The van der Waals surface area contributed by atoms with Crippen molar-refractivity contribution in [3.8, 4) is 0 Å². The van der Waals surface area contributed by atoms with Crippen LogP contribution in [0.15, 0.2) is 30.6 Å². The van der Waals surface area contributed by atoms with Crippen molar-refractivity contribution in [2.75, 3.05) is 43.4 Å². The monoisotopic (exact) mass is 355 g/mol. The van der Waals surface area contributed by atoms with Crippen LogP contribution in [0.1, 0.15) is 18.5 Å². The smallest absolute Gasteiger partial charge is 0.210 e. The predicted molar refractivity (Wildman–Crippen MR) is 101 cm³/mol. The van der Waals surface area contributed by atoms with E-state index in [2.05, 4.69) is 60.4 Å². The Bertz CT molecular complexity index is 857. The molecule has 0 spiro atoms. The highest BCUT2D eigenvalue weighted by Crippen LogP contribution is 2.28. The summed E-state index contributed by atoms with van der Waals surface area (Å²) in [6, 6.07) is 6.74. The molecule has 1 aliphatic rings. The molecule has 1 aliphatic heterocycles. The number of hydrogen-bond donors (Lipinski definition) is 1. The second-order valence-electron chi connectivity index (χ2n) is 6.14. The lowest BCUT2D eigenvalue weighted by atomic mass is 10.1. The third kappa shape index (κ3) is 3.27. The standard InChI is InChI=1S/C17H21N7S/c1-12(13-3-4-14-15(11-13)20-6-5-19-14)23-7-9-24(10-8-23)17-22-21-16(18-2)25-17/h3-6,11-12H,7-10H2,1-2H3,(H,18,21). The van der Waals surface area contributed by atoms with Gasteiger partial charge in [-0.2, -0.15) is 0 Å².